The molecule has 9 heteroatoms. The predicted molar refractivity (Wildman–Crippen MR) is 115 cm³/mol. The summed E-state index contributed by atoms with van der Waals surface area (Å²) in [5.74, 6) is 1.80. The van der Waals surface area contributed by atoms with Crippen molar-refractivity contribution in [1.82, 2.24) is 15.0 Å². The molecule has 2 aliphatic rings. The Balaban J connectivity index is 1.43. The van der Waals surface area contributed by atoms with Crippen LogP contribution in [0.5, 0.6) is 0 Å². The van der Waals surface area contributed by atoms with Crippen LogP contribution in [0.2, 0.25) is 5.28 Å². The van der Waals surface area contributed by atoms with Crippen molar-refractivity contribution in [3.05, 3.63) is 40.6 Å². The van der Waals surface area contributed by atoms with Crippen molar-refractivity contribution in [3.8, 4) is 0 Å². The zero-order chi connectivity index (χ0) is 19.8. The maximum atomic E-state index is 11.4. The number of fused-ring (bicyclic) bond motifs is 1. The Morgan fingerprint density at radius 1 is 1.07 bits per heavy atom. The monoisotopic (exact) mass is 431 g/mol. The van der Waals surface area contributed by atoms with Gasteiger partial charge in [0.05, 0.1) is 23.4 Å². The van der Waals surface area contributed by atoms with Gasteiger partial charge in [0, 0.05) is 37.3 Å². The lowest BCUT2D eigenvalue weighted by Gasteiger charge is -2.38. The first kappa shape index (κ1) is 19.0. The minimum Gasteiger partial charge on any atom is -0.384 e. The number of aromatic nitrogens is 3. The van der Waals surface area contributed by atoms with Crippen LogP contribution in [0.4, 0.5) is 11.6 Å². The maximum absolute atomic E-state index is 11.4. The van der Waals surface area contributed by atoms with Gasteiger partial charge < -0.3 is 19.6 Å². The van der Waals surface area contributed by atoms with E-state index in [4.69, 9.17) is 16.3 Å². The highest BCUT2D eigenvalue weighted by molar-refractivity contribution is 7.19. The molecule has 5 rings (SSSR count). The van der Waals surface area contributed by atoms with Crippen molar-refractivity contribution < 1.29 is 9.84 Å². The van der Waals surface area contributed by atoms with E-state index in [1.165, 1.54) is 0 Å². The second kappa shape index (κ2) is 7.68. The fraction of sp³-hybridized carbons (Fsp3) is 0.450. The molecule has 3 aromatic heterocycles. The summed E-state index contributed by atoms with van der Waals surface area (Å²) in [7, 11) is 0. The molecule has 0 atom stereocenters. The van der Waals surface area contributed by atoms with Crippen LogP contribution >= 0.6 is 22.9 Å². The van der Waals surface area contributed by atoms with Crippen LogP contribution in [0, 0.1) is 0 Å². The van der Waals surface area contributed by atoms with Gasteiger partial charge in [-0.05, 0) is 42.6 Å². The topological polar surface area (TPSA) is 74.6 Å². The van der Waals surface area contributed by atoms with E-state index in [9.17, 15) is 5.11 Å². The van der Waals surface area contributed by atoms with Crippen LogP contribution in [-0.4, -0.2) is 59.5 Å². The Kier molecular flexibility index (Phi) is 5.03. The number of thiophene rings is 1. The number of hydrogen-bond donors (Lipinski definition) is 1. The SMILES string of the molecule is OC1(c2cc3nc(Cl)nc(N4CCOCC4)c3s2)CCN(c2ccccn2)CC1. The molecule has 0 aromatic carbocycles. The standard InChI is InChI=1S/C20H22ClN5O2S/c21-19-23-14-13-15(29-17(14)18(24-19)26-9-11-28-12-10-26)20(27)4-7-25(8-5-20)16-3-1-2-6-22-16/h1-3,6,13,27H,4-5,7-12H2. The lowest BCUT2D eigenvalue weighted by Crippen LogP contribution is -2.42. The van der Waals surface area contributed by atoms with Crippen LogP contribution in [0.15, 0.2) is 30.5 Å². The van der Waals surface area contributed by atoms with Crippen molar-refractivity contribution in [2.45, 2.75) is 18.4 Å². The number of nitrogens with zero attached hydrogens (tertiary/aromatic N) is 5. The molecule has 0 aliphatic carbocycles. The zero-order valence-corrected chi connectivity index (χ0v) is 17.5. The third-order valence-corrected chi connectivity index (χ3v) is 7.14. The summed E-state index contributed by atoms with van der Waals surface area (Å²) in [6.45, 7) is 4.41. The van der Waals surface area contributed by atoms with E-state index in [2.05, 4.69) is 24.8 Å². The number of anilines is 2. The van der Waals surface area contributed by atoms with Gasteiger partial charge in [-0.25, -0.2) is 9.97 Å². The summed E-state index contributed by atoms with van der Waals surface area (Å²) >= 11 is 7.79. The number of hydrogen-bond acceptors (Lipinski definition) is 8. The lowest BCUT2D eigenvalue weighted by atomic mass is 9.90. The van der Waals surface area contributed by atoms with Gasteiger partial charge in [0.2, 0.25) is 5.28 Å². The Morgan fingerprint density at radius 2 is 1.86 bits per heavy atom. The summed E-state index contributed by atoms with van der Waals surface area (Å²) in [4.78, 5) is 18.7. The van der Waals surface area contributed by atoms with Gasteiger partial charge in [-0.1, -0.05) is 6.07 Å². The minimum absolute atomic E-state index is 0.236. The minimum atomic E-state index is -0.870. The molecular formula is C20H22ClN5O2S. The Labute approximate surface area is 177 Å². The van der Waals surface area contributed by atoms with Gasteiger partial charge in [0.15, 0.2) is 5.82 Å². The first-order chi connectivity index (χ1) is 14.1. The van der Waals surface area contributed by atoms with Crippen molar-refractivity contribution in [2.24, 2.45) is 0 Å². The molecule has 0 radical (unpaired) electrons. The van der Waals surface area contributed by atoms with Crippen LogP contribution in [0.1, 0.15) is 17.7 Å². The molecule has 5 heterocycles. The van der Waals surface area contributed by atoms with Crippen molar-refractivity contribution in [2.75, 3.05) is 49.2 Å². The Morgan fingerprint density at radius 3 is 2.59 bits per heavy atom. The molecule has 0 bridgehead atoms. The molecular weight excluding hydrogens is 410 g/mol. The summed E-state index contributed by atoms with van der Waals surface area (Å²) in [6.07, 6.45) is 3.09. The molecule has 0 unspecified atom stereocenters. The predicted octanol–water partition coefficient (Wildman–Crippen LogP) is 3.06. The number of rotatable bonds is 3. The smallest absolute Gasteiger partial charge is 0.224 e. The molecule has 152 valence electrons. The van der Waals surface area contributed by atoms with E-state index in [1.54, 1.807) is 17.5 Å². The van der Waals surface area contributed by atoms with E-state index < -0.39 is 5.60 Å². The summed E-state index contributed by atoms with van der Waals surface area (Å²) in [6, 6.07) is 7.90. The third kappa shape index (κ3) is 3.66. The average Bonchev–Trinajstić information content (AvgIpc) is 3.20. The van der Waals surface area contributed by atoms with Gasteiger partial charge >= 0.3 is 0 Å². The van der Waals surface area contributed by atoms with Crippen LogP contribution in [-0.2, 0) is 10.3 Å². The van der Waals surface area contributed by atoms with E-state index in [0.717, 1.165) is 52.9 Å². The molecule has 0 saturated carbocycles. The van der Waals surface area contributed by atoms with Gasteiger partial charge in [-0.2, -0.15) is 4.98 Å². The molecule has 0 amide bonds. The first-order valence-corrected chi connectivity index (χ1v) is 11.0. The number of morpholine rings is 1. The molecule has 0 spiro atoms. The zero-order valence-electron chi connectivity index (χ0n) is 15.9. The van der Waals surface area contributed by atoms with E-state index in [1.807, 2.05) is 24.3 Å². The highest BCUT2D eigenvalue weighted by Gasteiger charge is 2.36. The van der Waals surface area contributed by atoms with Gasteiger partial charge in [-0.15, -0.1) is 11.3 Å². The van der Waals surface area contributed by atoms with Crippen LogP contribution in [0.3, 0.4) is 0 Å². The number of piperidine rings is 1. The lowest BCUT2D eigenvalue weighted by molar-refractivity contribution is 0.0153. The number of ether oxygens (including phenoxy) is 1. The average molecular weight is 432 g/mol. The summed E-state index contributed by atoms with van der Waals surface area (Å²) in [5, 5.41) is 11.7. The molecule has 7 nitrogen and oxygen atoms in total. The second-order valence-electron chi connectivity index (χ2n) is 7.45. The van der Waals surface area contributed by atoms with E-state index in [-0.39, 0.29) is 5.28 Å². The Hall–Kier alpha value is -2.00. The molecule has 2 aliphatic heterocycles. The van der Waals surface area contributed by atoms with Crippen molar-refractivity contribution in [3.63, 3.8) is 0 Å². The van der Waals surface area contributed by atoms with Crippen LogP contribution in [0.25, 0.3) is 10.2 Å². The van der Waals surface area contributed by atoms with Gasteiger partial charge in [-0.3, -0.25) is 0 Å². The number of aliphatic hydroxyl groups is 1. The fourth-order valence-electron chi connectivity index (χ4n) is 4.00. The highest BCUT2D eigenvalue weighted by Crippen LogP contribution is 2.42. The van der Waals surface area contributed by atoms with Crippen molar-refractivity contribution in [1.29, 1.82) is 0 Å². The summed E-state index contributed by atoms with van der Waals surface area (Å²) < 4.78 is 6.44. The van der Waals surface area contributed by atoms with Crippen LogP contribution < -0.4 is 9.80 Å². The fourth-order valence-corrected chi connectivity index (χ4v) is 5.43. The van der Waals surface area contributed by atoms with Gasteiger partial charge in [0.25, 0.3) is 0 Å². The summed E-state index contributed by atoms with van der Waals surface area (Å²) in [5.41, 5.74) is -0.0714. The molecule has 29 heavy (non-hydrogen) atoms. The Bertz CT molecular complexity index is 1000. The van der Waals surface area contributed by atoms with E-state index in [0.29, 0.717) is 26.1 Å². The quantitative estimate of drug-likeness (QED) is 0.639. The first-order valence-electron chi connectivity index (χ1n) is 9.81. The third-order valence-electron chi connectivity index (χ3n) is 5.66. The molecule has 3 aromatic rings. The number of pyridine rings is 1. The largest absolute Gasteiger partial charge is 0.384 e. The second-order valence-corrected chi connectivity index (χ2v) is 8.84. The molecule has 2 fully saturated rings. The normalized spacial score (nSPS) is 19.7. The molecule has 1 N–H and O–H groups in total. The maximum Gasteiger partial charge on any atom is 0.224 e. The number of halogens is 1. The highest BCUT2D eigenvalue weighted by atomic mass is 35.5. The molecule has 2 saturated heterocycles. The van der Waals surface area contributed by atoms with Crippen molar-refractivity contribution >= 4 is 44.8 Å². The van der Waals surface area contributed by atoms with E-state index >= 15 is 0 Å². The van der Waals surface area contributed by atoms with Gasteiger partial charge in [0.1, 0.15) is 11.4 Å².